The van der Waals surface area contributed by atoms with E-state index in [4.69, 9.17) is 27.4 Å². The van der Waals surface area contributed by atoms with Crippen LogP contribution in [0.5, 0.6) is 17.2 Å². The second-order valence-electron chi connectivity index (χ2n) is 4.03. The number of ether oxygens (including phenoxy) is 2. The third-order valence-electron chi connectivity index (χ3n) is 2.64. The zero-order valence-corrected chi connectivity index (χ0v) is 14.8. The molecule has 0 aliphatic carbocycles. The first-order valence-electron chi connectivity index (χ1n) is 5.72. The van der Waals surface area contributed by atoms with Gasteiger partial charge in [-0.15, -0.1) is 0 Å². The number of hydrogen-bond acceptors (Lipinski definition) is 3. The van der Waals surface area contributed by atoms with E-state index in [0.717, 1.165) is 0 Å². The zero-order valence-electron chi connectivity index (χ0n) is 10.8. The van der Waals surface area contributed by atoms with Crippen molar-refractivity contribution in [3.05, 3.63) is 50.7 Å². The minimum absolute atomic E-state index is 0.0766. The molecular formula is C14H10Br2FNO2S. The molecule has 2 N–H and O–H groups in total. The highest BCUT2D eigenvalue weighted by atomic mass is 79.9. The Hall–Kier alpha value is -1.18. The summed E-state index contributed by atoms with van der Waals surface area (Å²) in [4.78, 5) is 0.133. The highest BCUT2D eigenvalue weighted by Crippen LogP contribution is 2.38. The molecular weight excluding hydrogens is 425 g/mol. The van der Waals surface area contributed by atoms with Crippen molar-refractivity contribution in [2.75, 3.05) is 7.11 Å². The van der Waals surface area contributed by atoms with E-state index >= 15 is 0 Å². The Morgan fingerprint density at radius 1 is 1.10 bits per heavy atom. The van der Waals surface area contributed by atoms with Crippen LogP contribution in [0.4, 0.5) is 4.39 Å². The van der Waals surface area contributed by atoms with Crippen molar-refractivity contribution in [3.63, 3.8) is 0 Å². The molecule has 0 saturated heterocycles. The van der Waals surface area contributed by atoms with Crippen LogP contribution in [-0.4, -0.2) is 12.1 Å². The number of thiocarbonyl (C=S) groups is 1. The molecule has 0 amide bonds. The lowest BCUT2D eigenvalue weighted by atomic mass is 10.2. The van der Waals surface area contributed by atoms with Crippen LogP contribution in [-0.2, 0) is 0 Å². The van der Waals surface area contributed by atoms with E-state index < -0.39 is 5.82 Å². The topological polar surface area (TPSA) is 44.5 Å². The average Bonchev–Trinajstić information content (AvgIpc) is 2.44. The van der Waals surface area contributed by atoms with Gasteiger partial charge in [0, 0.05) is 5.56 Å². The van der Waals surface area contributed by atoms with Crippen LogP contribution in [0.25, 0.3) is 0 Å². The third kappa shape index (κ3) is 3.72. The maximum atomic E-state index is 14.0. The highest BCUT2D eigenvalue weighted by molar-refractivity contribution is 9.11. The van der Waals surface area contributed by atoms with Gasteiger partial charge in [-0.3, -0.25) is 0 Å². The van der Waals surface area contributed by atoms with Gasteiger partial charge in [-0.05, 0) is 62.2 Å². The molecule has 0 aliphatic rings. The smallest absolute Gasteiger partial charge is 0.166 e. The van der Waals surface area contributed by atoms with Gasteiger partial charge in [0.15, 0.2) is 11.6 Å². The summed E-state index contributed by atoms with van der Waals surface area (Å²) in [6.07, 6.45) is 0. The molecule has 0 aliphatic heterocycles. The van der Waals surface area contributed by atoms with Gasteiger partial charge >= 0.3 is 0 Å². The van der Waals surface area contributed by atoms with E-state index in [1.807, 2.05) is 0 Å². The molecule has 0 aromatic heterocycles. The van der Waals surface area contributed by atoms with E-state index in [2.05, 4.69) is 31.9 Å². The minimum atomic E-state index is -0.542. The van der Waals surface area contributed by atoms with Crippen LogP contribution < -0.4 is 15.2 Å². The molecule has 0 unspecified atom stereocenters. The lowest BCUT2D eigenvalue weighted by molar-refractivity contribution is 0.407. The average molecular weight is 435 g/mol. The predicted molar refractivity (Wildman–Crippen MR) is 90.8 cm³/mol. The summed E-state index contributed by atoms with van der Waals surface area (Å²) in [6.45, 7) is 0. The maximum Gasteiger partial charge on any atom is 0.166 e. The Bertz CT molecular complexity index is 710. The quantitative estimate of drug-likeness (QED) is 0.703. The summed E-state index contributed by atoms with van der Waals surface area (Å²) in [5, 5.41) is 0. The molecule has 0 atom stereocenters. The minimum Gasteiger partial charge on any atom is -0.496 e. The lowest BCUT2D eigenvalue weighted by Gasteiger charge is -2.12. The number of nitrogens with two attached hydrogens (primary N) is 1. The van der Waals surface area contributed by atoms with E-state index in [1.165, 1.54) is 12.1 Å². The molecule has 21 heavy (non-hydrogen) atoms. The largest absolute Gasteiger partial charge is 0.496 e. The van der Waals surface area contributed by atoms with Gasteiger partial charge in [-0.25, -0.2) is 4.39 Å². The summed E-state index contributed by atoms with van der Waals surface area (Å²) in [6, 6.07) is 7.73. The van der Waals surface area contributed by atoms with E-state index in [9.17, 15) is 4.39 Å². The fraction of sp³-hybridized carbons (Fsp3) is 0.0714. The van der Waals surface area contributed by atoms with Gasteiger partial charge in [0.1, 0.15) is 16.5 Å². The summed E-state index contributed by atoms with van der Waals surface area (Å²) in [5.74, 6) is 0.620. The molecule has 0 heterocycles. The summed E-state index contributed by atoms with van der Waals surface area (Å²) < 4.78 is 26.0. The van der Waals surface area contributed by atoms with Crippen LogP contribution in [0.3, 0.4) is 0 Å². The molecule has 2 aromatic carbocycles. The van der Waals surface area contributed by atoms with Gasteiger partial charge in [0.25, 0.3) is 0 Å². The summed E-state index contributed by atoms with van der Waals surface area (Å²) in [7, 11) is 1.56. The number of benzene rings is 2. The predicted octanol–water partition coefficient (Wildman–Crippen LogP) is 4.79. The van der Waals surface area contributed by atoms with Crippen molar-refractivity contribution in [2.45, 2.75) is 0 Å². The second kappa shape index (κ2) is 6.72. The van der Waals surface area contributed by atoms with Crippen LogP contribution in [0.1, 0.15) is 5.56 Å². The van der Waals surface area contributed by atoms with E-state index in [1.54, 1.807) is 25.3 Å². The van der Waals surface area contributed by atoms with Crippen molar-refractivity contribution < 1.29 is 13.9 Å². The van der Waals surface area contributed by atoms with Crippen molar-refractivity contribution in [1.82, 2.24) is 0 Å². The van der Waals surface area contributed by atoms with Gasteiger partial charge in [-0.2, -0.15) is 0 Å². The first-order valence-corrected chi connectivity index (χ1v) is 7.72. The van der Waals surface area contributed by atoms with Gasteiger partial charge in [-0.1, -0.05) is 12.2 Å². The first kappa shape index (κ1) is 16.2. The van der Waals surface area contributed by atoms with Gasteiger partial charge < -0.3 is 15.2 Å². The molecule has 2 rings (SSSR count). The molecule has 0 spiro atoms. The van der Waals surface area contributed by atoms with Crippen molar-refractivity contribution >= 4 is 49.1 Å². The maximum absolute atomic E-state index is 14.0. The van der Waals surface area contributed by atoms with Crippen LogP contribution in [0.2, 0.25) is 0 Å². The number of hydrogen-bond donors (Lipinski definition) is 1. The molecule has 0 fully saturated rings. The Labute approximate surface area is 143 Å². The summed E-state index contributed by atoms with van der Waals surface area (Å²) >= 11 is 11.5. The molecule has 2 aromatic rings. The van der Waals surface area contributed by atoms with E-state index in [-0.39, 0.29) is 10.7 Å². The standard InChI is InChI=1S/C14H10Br2FNO2S/c1-19-12-5-9(16)13(6-8(12)15)20-11-3-2-7(14(18)21)4-10(11)17/h2-6H,1H3,(H2,18,21). The zero-order chi connectivity index (χ0) is 15.6. The fourth-order valence-electron chi connectivity index (χ4n) is 1.60. The Balaban J connectivity index is 2.34. The molecule has 0 radical (unpaired) electrons. The molecule has 110 valence electrons. The van der Waals surface area contributed by atoms with Crippen LogP contribution in [0.15, 0.2) is 39.3 Å². The van der Waals surface area contributed by atoms with Crippen molar-refractivity contribution in [2.24, 2.45) is 5.73 Å². The fourth-order valence-corrected chi connectivity index (χ4v) is 2.61. The lowest BCUT2D eigenvalue weighted by Crippen LogP contribution is -2.09. The number of halogens is 3. The molecule has 7 heteroatoms. The third-order valence-corrected chi connectivity index (χ3v) is 4.12. The molecule has 0 bridgehead atoms. The van der Waals surface area contributed by atoms with Crippen LogP contribution in [0, 0.1) is 5.82 Å². The van der Waals surface area contributed by atoms with Gasteiger partial charge in [0.05, 0.1) is 16.1 Å². The monoisotopic (exact) mass is 433 g/mol. The number of rotatable bonds is 4. The Kier molecular flexibility index (Phi) is 5.18. The van der Waals surface area contributed by atoms with E-state index in [0.29, 0.717) is 26.0 Å². The summed E-state index contributed by atoms with van der Waals surface area (Å²) in [5.41, 5.74) is 5.91. The second-order valence-corrected chi connectivity index (χ2v) is 6.18. The number of methoxy groups -OCH3 is 1. The Morgan fingerprint density at radius 2 is 1.71 bits per heavy atom. The SMILES string of the molecule is COc1cc(Br)c(Oc2ccc(C(N)=S)cc2F)cc1Br. The first-order chi connectivity index (χ1) is 9.92. The highest BCUT2D eigenvalue weighted by Gasteiger charge is 2.12. The normalized spacial score (nSPS) is 10.3. The van der Waals surface area contributed by atoms with Crippen molar-refractivity contribution in [3.8, 4) is 17.2 Å². The van der Waals surface area contributed by atoms with Gasteiger partial charge in [0.2, 0.25) is 0 Å². The molecule has 0 saturated carbocycles. The Morgan fingerprint density at radius 3 is 2.29 bits per heavy atom. The van der Waals surface area contributed by atoms with Crippen molar-refractivity contribution in [1.29, 1.82) is 0 Å². The van der Waals surface area contributed by atoms with Crippen LogP contribution >= 0.6 is 44.1 Å². The molecule has 3 nitrogen and oxygen atoms in total.